The maximum absolute atomic E-state index is 12.1. The molecule has 0 aromatic carbocycles. The molecule has 0 bridgehead atoms. The van der Waals surface area contributed by atoms with E-state index >= 15 is 0 Å². The molecule has 2 rings (SSSR count). The van der Waals surface area contributed by atoms with Crippen molar-refractivity contribution in [1.82, 2.24) is 10.2 Å². The average Bonchev–Trinajstić information content (AvgIpc) is 2.50. The molecule has 2 aliphatic heterocycles. The first kappa shape index (κ1) is 12.5. The van der Waals surface area contributed by atoms with Gasteiger partial charge in [-0.1, -0.05) is 6.08 Å². The Kier molecular flexibility index (Phi) is 4.17. The van der Waals surface area contributed by atoms with Gasteiger partial charge in [0.25, 0.3) is 0 Å². The lowest BCUT2D eigenvalue weighted by Gasteiger charge is -2.31. The lowest BCUT2D eigenvalue weighted by Crippen LogP contribution is -2.42. The number of nitrogens with one attached hydrogen (secondary N) is 1. The number of piperidine rings is 1. The number of hydrogen-bond donors (Lipinski definition) is 1. The van der Waals surface area contributed by atoms with Gasteiger partial charge in [-0.2, -0.15) is 0 Å². The van der Waals surface area contributed by atoms with Gasteiger partial charge in [-0.05, 0) is 32.4 Å². The molecular weight excluding hydrogens is 212 g/mol. The summed E-state index contributed by atoms with van der Waals surface area (Å²) in [4.78, 5) is 14.1. The quantitative estimate of drug-likeness (QED) is 0.723. The van der Waals surface area contributed by atoms with Crippen molar-refractivity contribution in [3.63, 3.8) is 0 Å². The standard InChI is InChI=1S/C11H18N2O.ClH/c1-2-8-13-9-5-11(10(13)14)3-6-12-7-4-11;/h2,12H,1,3-9H2;1H. The number of carbonyl (C=O) groups is 1. The zero-order chi connectivity index (χ0) is 10.0. The molecule has 2 heterocycles. The fourth-order valence-corrected chi connectivity index (χ4v) is 2.59. The van der Waals surface area contributed by atoms with E-state index in [9.17, 15) is 4.79 Å². The number of amides is 1. The Morgan fingerprint density at radius 3 is 2.67 bits per heavy atom. The van der Waals surface area contributed by atoms with E-state index < -0.39 is 0 Å². The molecule has 0 unspecified atom stereocenters. The molecular formula is C11H19ClN2O. The van der Waals surface area contributed by atoms with Crippen LogP contribution in [0.3, 0.4) is 0 Å². The van der Waals surface area contributed by atoms with Crippen LogP contribution in [0.2, 0.25) is 0 Å². The van der Waals surface area contributed by atoms with Crippen molar-refractivity contribution in [3.05, 3.63) is 12.7 Å². The first-order valence-corrected chi connectivity index (χ1v) is 5.39. The molecule has 15 heavy (non-hydrogen) atoms. The number of likely N-dealkylation sites (tertiary alicyclic amines) is 1. The van der Waals surface area contributed by atoms with E-state index in [1.54, 1.807) is 0 Å². The van der Waals surface area contributed by atoms with Crippen molar-refractivity contribution in [2.75, 3.05) is 26.2 Å². The van der Waals surface area contributed by atoms with Gasteiger partial charge in [0.05, 0.1) is 5.41 Å². The molecule has 1 N–H and O–H groups in total. The zero-order valence-corrected chi connectivity index (χ0v) is 9.81. The summed E-state index contributed by atoms with van der Waals surface area (Å²) in [5.74, 6) is 0.360. The SMILES string of the molecule is C=CCN1CCC2(CCNCC2)C1=O.Cl. The Balaban J connectivity index is 0.00000112. The van der Waals surface area contributed by atoms with Gasteiger partial charge in [0.15, 0.2) is 0 Å². The van der Waals surface area contributed by atoms with E-state index in [2.05, 4.69) is 11.9 Å². The molecule has 1 spiro atoms. The van der Waals surface area contributed by atoms with E-state index in [1.165, 1.54) is 0 Å². The second kappa shape index (κ2) is 4.99. The largest absolute Gasteiger partial charge is 0.338 e. The summed E-state index contributed by atoms with van der Waals surface area (Å²) in [6.07, 6.45) is 4.89. The summed E-state index contributed by atoms with van der Waals surface area (Å²) >= 11 is 0. The summed E-state index contributed by atoms with van der Waals surface area (Å²) < 4.78 is 0. The van der Waals surface area contributed by atoms with Crippen LogP contribution < -0.4 is 5.32 Å². The molecule has 4 heteroatoms. The van der Waals surface area contributed by atoms with Gasteiger partial charge < -0.3 is 10.2 Å². The summed E-state index contributed by atoms with van der Waals surface area (Å²) in [5.41, 5.74) is -0.0196. The molecule has 3 nitrogen and oxygen atoms in total. The third kappa shape index (κ3) is 2.18. The Morgan fingerprint density at radius 1 is 1.40 bits per heavy atom. The Bertz CT molecular complexity index is 249. The van der Waals surface area contributed by atoms with E-state index in [0.717, 1.165) is 38.9 Å². The number of carbonyl (C=O) groups excluding carboxylic acids is 1. The predicted molar refractivity (Wildman–Crippen MR) is 63.2 cm³/mol. The molecule has 0 aromatic rings. The summed E-state index contributed by atoms with van der Waals surface area (Å²) in [7, 11) is 0. The second-order valence-corrected chi connectivity index (χ2v) is 4.32. The highest BCUT2D eigenvalue weighted by atomic mass is 35.5. The number of nitrogens with zero attached hydrogens (tertiary/aromatic N) is 1. The summed E-state index contributed by atoms with van der Waals surface area (Å²) in [6.45, 7) is 7.31. The van der Waals surface area contributed by atoms with E-state index in [-0.39, 0.29) is 17.8 Å². The molecule has 2 fully saturated rings. The first-order chi connectivity index (χ1) is 6.78. The first-order valence-electron chi connectivity index (χ1n) is 5.39. The fourth-order valence-electron chi connectivity index (χ4n) is 2.59. The highest BCUT2D eigenvalue weighted by molar-refractivity contribution is 5.85. The van der Waals surface area contributed by atoms with Crippen LogP contribution in [0, 0.1) is 5.41 Å². The van der Waals surface area contributed by atoms with E-state index in [4.69, 9.17) is 0 Å². The Labute approximate surface area is 97.3 Å². The molecule has 2 aliphatic rings. The highest BCUT2D eigenvalue weighted by Gasteiger charge is 2.46. The third-order valence-electron chi connectivity index (χ3n) is 3.51. The second-order valence-electron chi connectivity index (χ2n) is 4.32. The van der Waals surface area contributed by atoms with Gasteiger partial charge >= 0.3 is 0 Å². The third-order valence-corrected chi connectivity index (χ3v) is 3.51. The maximum Gasteiger partial charge on any atom is 0.229 e. The smallest absolute Gasteiger partial charge is 0.229 e. The average molecular weight is 231 g/mol. The van der Waals surface area contributed by atoms with Crippen molar-refractivity contribution in [2.24, 2.45) is 5.41 Å². The molecule has 86 valence electrons. The van der Waals surface area contributed by atoms with Gasteiger partial charge in [0, 0.05) is 13.1 Å². The Hall–Kier alpha value is -0.540. The van der Waals surface area contributed by atoms with Gasteiger partial charge in [0.1, 0.15) is 0 Å². The highest BCUT2D eigenvalue weighted by Crippen LogP contribution is 2.39. The van der Waals surface area contributed by atoms with Gasteiger partial charge in [-0.15, -0.1) is 19.0 Å². The lowest BCUT2D eigenvalue weighted by atomic mass is 9.78. The number of rotatable bonds is 2. The van der Waals surface area contributed by atoms with Crippen molar-refractivity contribution in [2.45, 2.75) is 19.3 Å². The summed E-state index contributed by atoms with van der Waals surface area (Å²) in [6, 6.07) is 0. The van der Waals surface area contributed by atoms with Crippen LogP contribution in [0.1, 0.15) is 19.3 Å². The van der Waals surface area contributed by atoms with Crippen molar-refractivity contribution < 1.29 is 4.79 Å². The van der Waals surface area contributed by atoms with Crippen LogP contribution >= 0.6 is 12.4 Å². The van der Waals surface area contributed by atoms with Gasteiger partial charge in [-0.25, -0.2) is 0 Å². The maximum atomic E-state index is 12.1. The minimum atomic E-state index is -0.0196. The van der Waals surface area contributed by atoms with Crippen LogP contribution in [-0.2, 0) is 4.79 Å². The molecule has 0 atom stereocenters. The van der Waals surface area contributed by atoms with Gasteiger partial charge in [0.2, 0.25) is 5.91 Å². The molecule has 0 aliphatic carbocycles. The predicted octanol–water partition coefficient (Wildman–Crippen LogP) is 1.20. The van der Waals surface area contributed by atoms with Crippen molar-refractivity contribution in [1.29, 1.82) is 0 Å². The minimum Gasteiger partial charge on any atom is -0.338 e. The van der Waals surface area contributed by atoms with Crippen LogP contribution in [0.25, 0.3) is 0 Å². The molecule has 0 aromatic heterocycles. The lowest BCUT2D eigenvalue weighted by molar-refractivity contribution is -0.136. The molecule has 2 saturated heterocycles. The fraction of sp³-hybridized carbons (Fsp3) is 0.727. The van der Waals surface area contributed by atoms with Crippen molar-refractivity contribution >= 4 is 18.3 Å². The molecule has 0 saturated carbocycles. The van der Waals surface area contributed by atoms with Crippen molar-refractivity contribution in [3.8, 4) is 0 Å². The van der Waals surface area contributed by atoms with Crippen LogP contribution in [0.4, 0.5) is 0 Å². The summed E-state index contributed by atoms with van der Waals surface area (Å²) in [5, 5.41) is 3.31. The van der Waals surface area contributed by atoms with Crippen LogP contribution in [0.5, 0.6) is 0 Å². The zero-order valence-electron chi connectivity index (χ0n) is 9.00. The van der Waals surface area contributed by atoms with Gasteiger partial charge in [-0.3, -0.25) is 4.79 Å². The van der Waals surface area contributed by atoms with Crippen LogP contribution in [-0.4, -0.2) is 37.0 Å². The van der Waals surface area contributed by atoms with E-state index in [1.807, 2.05) is 11.0 Å². The monoisotopic (exact) mass is 230 g/mol. The Morgan fingerprint density at radius 2 is 2.07 bits per heavy atom. The number of halogens is 1. The topological polar surface area (TPSA) is 32.3 Å². The van der Waals surface area contributed by atoms with Crippen LogP contribution in [0.15, 0.2) is 12.7 Å². The normalized spacial score (nSPS) is 24.0. The number of hydrogen-bond acceptors (Lipinski definition) is 2. The molecule has 0 radical (unpaired) electrons. The minimum absolute atomic E-state index is 0. The molecule has 1 amide bonds. The van der Waals surface area contributed by atoms with E-state index in [0.29, 0.717) is 12.5 Å².